The molecule has 1 aromatic rings. The molecule has 2 aliphatic heterocycles. The van der Waals surface area contributed by atoms with Crippen LogP contribution in [0.3, 0.4) is 0 Å². The van der Waals surface area contributed by atoms with Gasteiger partial charge in [-0.05, 0) is 23.3 Å². The summed E-state index contributed by atoms with van der Waals surface area (Å²) < 4.78 is 10.6. The molecular weight excluding hydrogens is 322 g/mol. The summed E-state index contributed by atoms with van der Waals surface area (Å²) in [4.78, 5) is 21.7. The highest BCUT2D eigenvalue weighted by Gasteiger charge is 2.39. The number of amides is 1. The second-order valence-corrected chi connectivity index (χ2v) is 5.11. The van der Waals surface area contributed by atoms with Gasteiger partial charge >= 0.3 is 0 Å². The molecule has 1 unspecified atom stereocenters. The van der Waals surface area contributed by atoms with Crippen molar-refractivity contribution in [3.8, 4) is 11.5 Å². The Morgan fingerprint density at radius 1 is 1.26 bits per heavy atom. The van der Waals surface area contributed by atoms with E-state index in [0.717, 1.165) is 11.1 Å². The molecule has 1 amide bonds. The fourth-order valence-corrected chi connectivity index (χ4v) is 2.79. The van der Waals surface area contributed by atoms with E-state index in [1.54, 1.807) is 19.1 Å². The summed E-state index contributed by atoms with van der Waals surface area (Å²) >= 11 is 0. The highest BCUT2D eigenvalue weighted by molar-refractivity contribution is 6.06. The van der Waals surface area contributed by atoms with Crippen molar-refractivity contribution in [2.24, 2.45) is 21.5 Å². The van der Waals surface area contributed by atoms with Crippen molar-refractivity contribution < 1.29 is 14.3 Å². The van der Waals surface area contributed by atoms with Crippen LogP contribution in [0.1, 0.15) is 11.1 Å². The summed E-state index contributed by atoms with van der Waals surface area (Å²) in [6, 6.07) is 3.43. The van der Waals surface area contributed by atoms with Crippen LogP contribution in [0.5, 0.6) is 11.5 Å². The van der Waals surface area contributed by atoms with Crippen LogP contribution in [0, 0.1) is 0 Å². The predicted octanol–water partition coefficient (Wildman–Crippen LogP) is 0.0219. The molecule has 0 aliphatic carbocycles. The van der Waals surface area contributed by atoms with Gasteiger partial charge in [0.05, 0.1) is 14.2 Å². The SMILES string of the molecule is COc1cc2c(cc1OC)CN1C(N=C(N)N)=NC(=O)C1C2.Cl. The second-order valence-electron chi connectivity index (χ2n) is 5.11. The fraction of sp³-hybridized carbons (Fsp3) is 0.357. The lowest BCUT2D eigenvalue weighted by Crippen LogP contribution is -2.43. The number of halogens is 1. The molecule has 124 valence electrons. The molecular formula is C14H18ClN5O3. The maximum absolute atomic E-state index is 12.1. The number of nitrogens with zero attached hydrogens (tertiary/aromatic N) is 3. The molecule has 0 aromatic heterocycles. The maximum Gasteiger partial charge on any atom is 0.272 e. The Morgan fingerprint density at radius 3 is 2.43 bits per heavy atom. The molecule has 0 bridgehead atoms. The first-order chi connectivity index (χ1) is 10.5. The summed E-state index contributed by atoms with van der Waals surface area (Å²) in [6.07, 6.45) is 0.529. The van der Waals surface area contributed by atoms with E-state index in [9.17, 15) is 4.79 Å². The Morgan fingerprint density at radius 2 is 1.87 bits per heavy atom. The highest BCUT2D eigenvalue weighted by atomic mass is 35.5. The molecule has 0 fully saturated rings. The molecule has 8 nitrogen and oxygen atoms in total. The minimum Gasteiger partial charge on any atom is -0.493 e. The molecule has 2 aliphatic rings. The minimum atomic E-state index is -0.372. The van der Waals surface area contributed by atoms with Crippen LogP contribution in [0.4, 0.5) is 0 Å². The van der Waals surface area contributed by atoms with E-state index in [1.807, 2.05) is 12.1 Å². The number of guanidine groups is 2. The van der Waals surface area contributed by atoms with Crippen LogP contribution in [-0.4, -0.2) is 43.0 Å². The number of nitrogens with two attached hydrogens (primary N) is 2. The van der Waals surface area contributed by atoms with E-state index in [4.69, 9.17) is 20.9 Å². The molecule has 2 heterocycles. The Kier molecular flexibility index (Phi) is 4.65. The summed E-state index contributed by atoms with van der Waals surface area (Å²) in [5, 5.41) is 0. The van der Waals surface area contributed by atoms with Crippen LogP contribution in [-0.2, 0) is 17.8 Å². The van der Waals surface area contributed by atoms with Crippen molar-refractivity contribution in [1.29, 1.82) is 0 Å². The Bertz CT molecular complexity index is 700. The Labute approximate surface area is 139 Å². The van der Waals surface area contributed by atoms with E-state index in [-0.39, 0.29) is 36.3 Å². The lowest BCUT2D eigenvalue weighted by Gasteiger charge is -2.31. The smallest absolute Gasteiger partial charge is 0.272 e. The van der Waals surface area contributed by atoms with Crippen molar-refractivity contribution in [2.75, 3.05) is 14.2 Å². The van der Waals surface area contributed by atoms with Gasteiger partial charge in [-0.1, -0.05) is 0 Å². The summed E-state index contributed by atoms with van der Waals surface area (Å²) in [6.45, 7) is 0.488. The molecule has 0 radical (unpaired) electrons. The lowest BCUT2D eigenvalue weighted by molar-refractivity contribution is -0.120. The number of hydrogen-bond acceptors (Lipinski definition) is 5. The molecule has 23 heavy (non-hydrogen) atoms. The van der Waals surface area contributed by atoms with E-state index >= 15 is 0 Å². The average molecular weight is 340 g/mol. The Balaban J connectivity index is 0.00000192. The normalized spacial score (nSPS) is 18.3. The van der Waals surface area contributed by atoms with Gasteiger partial charge in [0, 0.05) is 13.0 Å². The number of hydrogen-bond donors (Lipinski definition) is 2. The monoisotopic (exact) mass is 339 g/mol. The van der Waals surface area contributed by atoms with Gasteiger partial charge in [0.1, 0.15) is 6.04 Å². The molecule has 0 saturated heterocycles. The van der Waals surface area contributed by atoms with Gasteiger partial charge in [0.2, 0.25) is 5.96 Å². The first-order valence-electron chi connectivity index (χ1n) is 6.76. The average Bonchev–Trinajstić information content (AvgIpc) is 2.78. The number of methoxy groups -OCH3 is 2. The third kappa shape index (κ3) is 2.89. The maximum atomic E-state index is 12.1. The van der Waals surface area contributed by atoms with E-state index < -0.39 is 0 Å². The van der Waals surface area contributed by atoms with Gasteiger partial charge in [-0.25, -0.2) is 0 Å². The van der Waals surface area contributed by atoms with Crippen LogP contribution in [0.2, 0.25) is 0 Å². The van der Waals surface area contributed by atoms with E-state index in [2.05, 4.69) is 9.98 Å². The summed E-state index contributed by atoms with van der Waals surface area (Å²) in [5.41, 5.74) is 12.8. The third-order valence-corrected chi connectivity index (χ3v) is 3.82. The molecule has 3 rings (SSSR count). The van der Waals surface area contributed by atoms with Crippen LogP contribution >= 0.6 is 12.4 Å². The van der Waals surface area contributed by atoms with Crippen molar-refractivity contribution in [3.05, 3.63) is 23.3 Å². The molecule has 0 saturated carbocycles. The van der Waals surface area contributed by atoms with Gasteiger partial charge in [-0.15, -0.1) is 12.4 Å². The molecule has 0 spiro atoms. The van der Waals surface area contributed by atoms with Crippen LogP contribution in [0.25, 0.3) is 0 Å². The van der Waals surface area contributed by atoms with Crippen molar-refractivity contribution in [3.63, 3.8) is 0 Å². The van der Waals surface area contributed by atoms with Crippen LogP contribution in [0.15, 0.2) is 22.1 Å². The largest absolute Gasteiger partial charge is 0.493 e. The van der Waals surface area contributed by atoms with Gasteiger partial charge in [-0.2, -0.15) is 9.98 Å². The number of rotatable bonds is 2. The number of carbonyl (C=O) groups is 1. The quantitative estimate of drug-likeness (QED) is 0.580. The third-order valence-electron chi connectivity index (χ3n) is 3.82. The Hall–Kier alpha value is -2.48. The van der Waals surface area contributed by atoms with Gasteiger partial charge in [0.25, 0.3) is 5.91 Å². The standard InChI is InChI=1S/C14H17N5O3.ClH/c1-21-10-4-7-3-9-12(20)17-14(18-13(15)16)19(9)6-8(7)5-11(10)22-2;/h4-5,9H,3,6H2,1-2H3,(H4,15,16,17,18,20);1H. The summed E-state index contributed by atoms with van der Waals surface area (Å²) in [7, 11) is 3.17. The summed E-state index contributed by atoms with van der Waals surface area (Å²) in [5.74, 6) is 1.19. The number of benzene rings is 1. The zero-order valence-electron chi connectivity index (χ0n) is 12.8. The predicted molar refractivity (Wildman–Crippen MR) is 88.1 cm³/mol. The topological polar surface area (TPSA) is 116 Å². The molecule has 1 aromatic carbocycles. The van der Waals surface area contributed by atoms with E-state index in [0.29, 0.717) is 24.5 Å². The van der Waals surface area contributed by atoms with E-state index in [1.165, 1.54) is 0 Å². The molecule has 4 N–H and O–H groups in total. The van der Waals surface area contributed by atoms with Gasteiger partial charge < -0.3 is 25.8 Å². The minimum absolute atomic E-state index is 0. The number of aliphatic imine (C=N–C) groups is 2. The number of fused-ring (bicyclic) bond motifs is 2. The first-order valence-corrected chi connectivity index (χ1v) is 6.76. The highest BCUT2D eigenvalue weighted by Crippen LogP contribution is 2.36. The fourth-order valence-electron chi connectivity index (χ4n) is 2.79. The first kappa shape index (κ1) is 16.9. The number of carbonyl (C=O) groups excluding carboxylic acids is 1. The van der Waals surface area contributed by atoms with Crippen molar-refractivity contribution >= 4 is 30.2 Å². The van der Waals surface area contributed by atoms with Gasteiger partial charge in [0.15, 0.2) is 17.5 Å². The van der Waals surface area contributed by atoms with Crippen molar-refractivity contribution in [2.45, 2.75) is 19.0 Å². The van der Waals surface area contributed by atoms with Gasteiger partial charge in [-0.3, -0.25) is 4.79 Å². The molecule has 9 heteroatoms. The van der Waals surface area contributed by atoms with Crippen molar-refractivity contribution in [1.82, 2.24) is 4.90 Å². The second kappa shape index (κ2) is 6.33. The zero-order chi connectivity index (χ0) is 15.9. The van der Waals surface area contributed by atoms with Crippen LogP contribution < -0.4 is 20.9 Å². The lowest BCUT2D eigenvalue weighted by atomic mass is 9.94. The number of ether oxygens (including phenoxy) is 2. The zero-order valence-corrected chi connectivity index (χ0v) is 13.6. The molecule has 1 atom stereocenters.